The first-order chi connectivity index (χ1) is 9.24. The molecule has 1 unspecified atom stereocenters. The number of nitrogens with one attached hydrogen (secondary N) is 1. The molecule has 1 aromatic rings. The van der Waals surface area contributed by atoms with Crippen molar-refractivity contribution >= 4 is 11.9 Å². The van der Waals surface area contributed by atoms with E-state index in [9.17, 15) is 18.0 Å². The Kier molecular flexibility index (Phi) is 5.29. The molecule has 1 rings (SSSR count). The first kappa shape index (κ1) is 16.2. The Morgan fingerprint density at radius 3 is 2.60 bits per heavy atom. The van der Waals surface area contributed by atoms with E-state index in [1.807, 2.05) is 6.92 Å². The third-order valence-corrected chi connectivity index (χ3v) is 2.59. The highest BCUT2D eigenvalue weighted by Crippen LogP contribution is 2.28. The van der Waals surface area contributed by atoms with E-state index in [1.54, 1.807) is 0 Å². The smallest absolute Gasteiger partial charge is 0.433 e. The van der Waals surface area contributed by atoms with Crippen molar-refractivity contribution in [1.82, 2.24) is 9.97 Å². The molecule has 0 aliphatic carbocycles. The van der Waals surface area contributed by atoms with Crippen molar-refractivity contribution in [1.29, 1.82) is 0 Å². The molecular weight excluding hydrogens is 275 g/mol. The van der Waals surface area contributed by atoms with Crippen LogP contribution in [-0.4, -0.2) is 27.1 Å². The van der Waals surface area contributed by atoms with Crippen molar-refractivity contribution in [2.45, 2.75) is 45.3 Å². The molecule has 0 saturated carbocycles. The van der Waals surface area contributed by atoms with Crippen LogP contribution in [0.5, 0.6) is 0 Å². The summed E-state index contributed by atoms with van der Waals surface area (Å²) >= 11 is 0. The molecule has 1 atom stereocenters. The number of rotatable bonds is 6. The first-order valence-corrected chi connectivity index (χ1v) is 6.16. The zero-order chi connectivity index (χ0) is 15.3. The van der Waals surface area contributed by atoms with Gasteiger partial charge in [0.1, 0.15) is 11.7 Å². The van der Waals surface area contributed by atoms with Crippen molar-refractivity contribution in [2.75, 3.05) is 5.32 Å². The van der Waals surface area contributed by atoms with Gasteiger partial charge in [0.05, 0.1) is 0 Å². The normalized spacial score (nSPS) is 13.1. The van der Waals surface area contributed by atoms with Crippen LogP contribution in [0.4, 0.5) is 19.1 Å². The van der Waals surface area contributed by atoms with E-state index in [0.717, 1.165) is 12.5 Å². The summed E-state index contributed by atoms with van der Waals surface area (Å²) < 4.78 is 37.8. The number of halogens is 3. The number of carboxylic acid groups (broad SMARTS) is 1. The fraction of sp³-hybridized carbons (Fsp3) is 0.583. The van der Waals surface area contributed by atoms with E-state index in [4.69, 9.17) is 5.11 Å². The van der Waals surface area contributed by atoms with Gasteiger partial charge in [-0.25, -0.2) is 14.8 Å². The largest absolute Gasteiger partial charge is 0.480 e. The Balaban J connectivity index is 2.95. The lowest BCUT2D eigenvalue weighted by atomic mass is 10.1. The number of carboxylic acids is 1. The number of anilines is 1. The lowest BCUT2D eigenvalue weighted by Gasteiger charge is -2.15. The maximum atomic E-state index is 12.6. The van der Waals surface area contributed by atoms with Crippen LogP contribution in [-0.2, 0) is 11.0 Å². The summed E-state index contributed by atoms with van der Waals surface area (Å²) in [6, 6.07) is -0.190. The molecule has 5 nitrogen and oxygen atoms in total. The molecule has 0 spiro atoms. The number of unbranched alkanes of at least 4 members (excludes halogenated alkanes) is 1. The fourth-order valence-corrected chi connectivity index (χ4v) is 1.60. The molecule has 112 valence electrons. The second-order valence-corrected chi connectivity index (χ2v) is 4.39. The molecule has 0 fully saturated rings. The van der Waals surface area contributed by atoms with Crippen LogP contribution >= 0.6 is 0 Å². The summed E-state index contributed by atoms with van der Waals surface area (Å²) in [6.07, 6.45) is -2.87. The van der Waals surface area contributed by atoms with Crippen molar-refractivity contribution < 1.29 is 23.1 Å². The van der Waals surface area contributed by atoms with E-state index in [1.165, 1.54) is 6.92 Å². The molecule has 2 N–H and O–H groups in total. The molecule has 0 aliphatic rings. The summed E-state index contributed by atoms with van der Waals surface area (Å²) in [5.41, 5.74) is -0.971. The molecule has 20 heavy (non-hydrogen) atoms. The van der Waals surface area contributed by atoms with E-state index >= 15 is 0 Å². The molecule has 0 saturated heterocycles. The second kappa shape index (κ2) is 6.53. The Morgan fingerprint density at radius 2 is 2.10 bits per heavy atom. The first-order valence-electron chi connectivity index (χ1n) is 6.16. The van der Waals surface area contributed by atoms with Crippen LogP contribution < -0.4 is 5.32 Å². The maximum absolute atomic E-state index is 12.6. The average Bonchev–Trinajstić information content (AvgIpc) is 2.32. The number of hydrogen-bond acceptors (Lipinski definition) is 4. The minimum absolute atomic E-state index is 0.120. The van der Waals surface area contributed by atoms with Crippen LogP contribution in [0.2, 0.25) is 0 Å². The molecule has 1 heterocycles. The number of aryl methyl sites for hydroxylation is 1. The SMILES string of the molecule is CCCCC(Nc1nc(C)cc(C(F)(F)F)n1)C(=O)O. The third-order valence-electron chi connectivity index (χ3n) is 2.59. The lowest BCUT2D eigenvalue weighted by molar-refractivity contribution is -0.141. The molecule has 0 bridgehead atoms. The maximum Gasteiger partial charge on any atom is 0.433 e. The number of alkyl halides is 3. The third kappa shape index (κ3) is 4.67. The van der Waals surface area contributed by atoms with Crippen molar-refractivity contribution in [3.05, 3.63) is 17.5 Å². The molecule has 0 radical (unpaired) electrons. The number of aromatic nitrogens is 2. The number of nitrogens with zero attached hydrogens (tertiary/aromatic N) is 2. The summed E-state index contributed by atoms with van der Waals surface area (Å²) in [5.74, 6) is -1.46. The van der Waals surface area contributed by atoms with Gasteiger partial charge in [-0.05, 0) is 19.4 Å². The van der Waals surface area contributed by atoms with E-state index in [0.29, 0.717) is 12.8 Å². The minimum atomic E-state index is -4.59. The van der Waals surface area contributed by atoms with Crippen LogP contribution in [0, 0.1) is 6.92 Å². The van der Waals surface area contributed by atoms with Gasteiger partial charge in [-0.2, -0.15) is 13.2 Å². The predicted molar refractivity (Wildman–Crippen MR) is 66.3 cm³/mol. The summed E-state index contributed by atoms with van der Waals surface area (Å²) in [5, 5.41) is 11.5. The molecule has 0 amide bonds. The minimum Gasteiger partial charge on any atom is -0.480 e. The molecule has 1 aromatic heterocycles. The van der Waals surface area contributed by atoms with Crippen LogP contribution in [0.3, 0.4) is 0 Å². The van der Waals surface area contributed by atoms with Gasteiger partial charge in [-0.1, -0.05) is 19.8 Å². The van der Waals surface area contributed by atoms with Crippen LogP contribution in [0.25, 0.3) is 0 Å². The number of aliphatic carboxylic acids is 1. The number of hydrogen-bond donors (Lipinski definition) is 2. The topological polar surface area (TPSA) is 75.1 Å². The van der Waals surface area contributed by atoms with E-state index < -0.39 is 23.9 Å². The highest BCUT2D eigenvalue weighted by molar-refractivity contribution is 5.76. The fourth-order valence-electron chi connectivity index (χ4n) is 1.60. The van der Waals surface area contributed by atoms with Crippen molar-refractivity contribution in [2.24, 2.45) is 0 Å². The van der Waals surface area contributed by atoms with Gasteiger partial charge in [0.2, 0.25) is 5.95 Å². The van der Waals surface area contributed by atoms with Gasteiger partial charge in [0, 0.05) is 5.69 Å². The molecule has 0 aliphatic heterocycles. The number of carbonyl (C=O) groups is 1. The highest BCUT2D eigenvalue weighted by Gasteiger charge is 2.33. The van der Waals surface area contributed by atoms with Gasteiger partial charge in [0.15, 0.2) is 0 Å². The Hall–Kier alpha value is -1.86. The monoisotopic (exact) mass is 291 g/mol. The van der Waals surface area contributed by atoms with Gasteiger partial charge in [-0.3, -0.25) is 0 Å². The average molecular weight is 291 g/mol. The highest BCUT2D eigenvalue weighted by atomic mass is 19.4. The summed E-state index contributed by atoms with van der Waals surface area (Å²) in [6.45, 7) is 3.29. The van der Waals surface area contributed by atoms with Gasteiger partial charge in [-0.15, -0.1) is 0 Å². The quantitative estimate of drug-likeness (QED) is 0.843. The molecule has 0 aromatic carbocycles. The van der Waals surface area contributed by atoms with Crippen LogP contribution in [0.15, 0.2) is 6.07 Å². The Bertz CT molecular complexity index is 478. The zero-order valence-corrected chi connectivity index (χ0v) is 11.2. The predicted octanol–water partition coefficient (Wildman–Crippen LogP) is 2.86. The Morgan fingerprint density at radius 1 is 1.45 bits per heavy atom. The van der Waals surface area contributed by atoms with Crippen LogP contribution in [0.1, 0.15) is 37.6 Å². The van der Waals surface area contributed by atoms with Gasteiger partial charge in [0.25, 0.3) is 0 Å². The van der Waals surface area contributed by atoms with Crippen molar-refractivity contribution in [3.8, 4) is 0 Å². The summed E-state index contributed by atoms with van der Waals surface area (Å²) in [7, 11) is 0. The Labute approximate surface area is 114 Å². The molecular formula is C12H16F3N3O2. The second-order valence-electron chi connectivity index (χ2n) is 4.39. The molecule has 8 heteroatoms. The van der Waals surface area contributed by atoms with E-state index in [2.05, 4.69) is 15.3 Å². The summed E-state index contributed by atoms with van der Waals surface area (Å²) in [4.78, 5) is 18.2. The van der Waals surface area contributed by atoms with Gasteiger partial charge < -0.3 is 10.4 Å². The lowest BCUT2D eigenvalue weighted by Crippen LogP contribution is -2.30. The zero-order valence-electron chi connectivity index (χ0n) is 11.2. The van der Waals surface area contributed by atoms with E-state index in [-0.39, 0.29) is 11.6 Å². The van der Waals surface area contributed by atoms with Crippen molar-refractivity contribution in [3.63, 3.8) is 0 Å². The van der Waals surface area contributed by atoms with Gasteiger partial charge >= 0.3 is 12.1 Å². The standard InChI is InChI=1S/C12H16F3N3O2/c1-3-4-5-8(10(19)20)17-11-16-7(2)6-9(18-11)12(13,14)15/h6,8H,3-5H2,1-2H3,(H,19,20)(H,16,17,18).